The van der Waals surface area contributed by atoms with E-state index in [0.717, 1.165) is 5.56 Å². The minimum atomic E-state index is -3.39. The lowest BCUT2D eigenvalue weighted by atomic mass is 9.86. The molecule has 1 atom stereocenters. The Labute approximate surface area is 185 Å². The molecule has 1 amide bonds. The molecule has 1 fully saturated rings. The normalized spacial score (nSPS) is 16.6. The average Bonchev–Trinajstić information content (AvgIpc) is 2.74. The number of hydrogen-bond acceptors (Lipinski definition) is 4. The molecule has 0 aliphatic carbocycles. The van der Waals surface area contributed by atoms with Crippen molar-refractivity contribution < 1.29 is 17.9 Å². The van der Waals surface area contributed by atoms with Crippen LogP contribution in [0, 0.1) is 0 Å². The minimum Gasteiger partial charge on any atom is -0.379 e. The summed E-state index contributed by atoms with van der Waals surface area (Å²) in [5.74, 6) is -0.263. The molecule has 2 aromatic carbocycles. The number of ether oxygens (including phenoxy) is 1. The summed E-state index contributed by atoms with van der Waals surface area (Å²) in [5.41, 5.74) is 3.54. The summed E-state index contributed by atoms with van der Waals surface area (Å²) < 4.78 is 31.8. The van der Waals surface area contributed by atoms with Gasteiger partial charge < -0.3 is 10.1 Å². The molecular weight excluding hydrogens is 412 g/mol. The Morgan fingerprint density at radius 2 is 1.61 bits per heavy atom. The van der Waals surface area contributed by atoms with E-state index in [9.17, 15) is 13.2 Å². The van der Waals surface area contributed by atoms with E-state index in [-0.39, 0.29) is 23.1 Å². The maximum atomic E-state index is 12.6. The van der Waals surface area contributed by atoms with Gasteiger partial charge in [-0.25, -0.2) is 8.42 Å². The number of carbonyl (C=O) groups excluding carboxylic acids is 1. The van der Waals surface area contributed by atoms with Gasteiger partial charge in [0.05, 0.1) is 25.0 Å². The number of sulfonamides is 1. The van der Waals surface area contributed by atoms with Crippen molar-refractivity contribution in [2.45, 2.75) is 44.9 Å². The monoisotopic (exact) mass is 444 g/mol. The third-order valence-corrected chi connectivity index (χ3v) is 7.40. The third kappa shape index (κ3) is 6.15. The fraction of sp³-hybridized carbons (Fsp3) is 0.458. The molecule has 0 bridgehead atoms. The largest absolute Gasteiger partial charge is 0.379 e. The van der Waals surface area contributed by atoms with E-state index >= 15 is 0 Å². The Kier molecular flexibility index (Phi) is 7.19. The molecule has 1 aliphatic heterocycles. The first-order valence-corrected chi connectivity index (χ1v) is 12.2. The Morgan fingerprint density at radius 3 is 2.16 bits per heavy atom. The number of benzene rings is 2. The van der Waals surface area contributed by atoms with Gasteiger partial charge in [-0.3, -0.25) is 4.79 Å². The number of nitrogens with zero attached hydrogens (tertiary/aromatic N) is 1. The molecule has 1 saturated heterocycles. The summed E-state index contributed by atoms with van der Waals surface area (Å²) in [7, 11) is -3.39. The SMILES string of the molecule is CC(NC(=O)c1ccc(CS(=O)(=O)N2CCOCC2)cc1)c1ccc(C(C)(C)C)cc1. The number of hydrogen-bond donors (Lipinski definition) is 1. The molecule has 0 radical (unpaired) electrons. The van der Waals surface area contributed by atoms with Crippen molar-refractivity contribution in [1.82, 2.24) is 9.62 Å². The molecular formula is C24H32N2O4S. The number of nitrogens with one attached hydrogen (secondary N) is 1. The Hall–Kier alpha value is -2.22. The van der Waals surface area contributed by atoms with Gasteiger partial charge in [0.2, 0.25) is 10.0 Å². The molecule has 0 aromatic heterocycles. The lowest BCUT2D eigenvalue weighted by molar-refractivity contribution is 0.0729. The van der Waals surface area contributed by atoms with Gasteiger partial charge >= 0.3 is 0 Å². The molecule has 0 saturated carbocycles. The van der Waals surface area contributed by atoms with E-state index in [1.165, 1.54) is 9.87 Å². The topological polar surface area (TPSA) is 75.7 Å². The van der Waals surface area contributed by atoms with E-state index in [2.05, 4.69) is 38.2 Å². The fourth-order valence-electron chi connectivity index (χ4n) is 3.51. The third-order valence-electron chi connectivity index (χ3n) is 5.55. The van der Waals surface area contributed by atoms with Crippen LogP contribution in [-0.2, 0) is 25.9 Å². The molecule has 168 valence electrons. The number of carbonyl (C=O) groups is 1. The molecule has 1 aliphatic rings. The number of rotatable bonds is 6. The summed E-state index contributed by atoms with van der Waals surface area (Å²) in [6.07, 6.45) is 0. The molecule has 6 nitrogen and oxygen atoms in total. The maximum Gasteiger partial charge on any atom is 0.251 e. The predicted molar refractivity (Wildman–Crippen MR) is 122 cm³/mol. The van der Waals surface area contributed by atoms with Gasteiger partial charge in [0, 0.05) is 18.7 Å². The van der Waals surface area contributed by atoms with Crippen molar-refractivity contribution in [3.05, 3.63) is 70.8 Å². The second-order valence-electron chi connectivity index (χ2n) is 9.03. The van der Waals surface area contributed by atoms with Crippen LogP contribution in [0.25, 0.3) is 0 Å². The van der Waals surface area contributed by atoms with Crippen LogP contribution in [0.5, 0.6) is 0 Å². The molecule has 1 heterocycles. The zero-order valence-corrected chi connectivity index (χ0v) is 19.5. The zero-order valence-electron chi connectivity index (χ0n) is 18.7. The summed E-state index contributed by atoms with van der Waals surface area (Å²) in [6, 6.07) is 14.9. The lowest BCUT2D eigenvalue weighted by Gasteiger charge is -2.26. The summed E-state index contributed by atoms with van der Waals surface area (Å²) >= 11 is 0. The Bertz CT molecular complexity index is 987. The first-order valence-electron chi connectivity index (χ1n) is 10.6. The molecule has 1 N–H and O–H groups in total. The highest BCUT2D eigenvalue weighted by Gasteiger charge is 2.24. The molecule has 2 aromatic rings. The predicted octanol–water partition coefficient (Wildman–Crippen LogP) is 3.64. The first-order chi connectivity index (χ1) is 14.6. The molecule has 1 unspecified atom stereocenters. The zero-order chi connectivity index (χ0) is 22.6. The van der Waals surface area contributed by atoms with Crippen LogP contribution in [0.4, 0.5) is 0 Å². The van der Waals surface area contributed by atoms with Crippen LogP contribution >= 0.6 is 0 Å². The lowest BCUT2D eigenvalue weighted by Crippen LogP contribution is -2.41. The van der Waals surface area contributed by atoms with E-state index < -0.39 is 10.0 Å². The van der Waals surface area contributed by atoms with Crippen molar-refractivity contribution >= 4 is 15.9 Å². The van der Waals surface area contributed by atoms with Gasteiger partial charge in [0.15, 0.2) is 0 Å². The van der Waals surface area contributed by atoms with Crippen molar-refractivity contribution in [3.63, 3.8) is 0 Å². The van der Waals surface area contributed by atoms with Gasteiger partial charge in [0.25, 0.3) is 5.91 Å². The van der Waals surface area contributed by atoms with Crippen LogP contribution in [0.2, 0.25) is 0 Å². The summed E-state index contributed by atoms with van der Waals surface area (Å²) in [4.78, 5) is 12.6. The van der Waals surface area contributed by atoms with Gasteiger partial charge in [0.1, 0.15) is 0 Å². The van der Waals surface area contributed by atoms with Gasteiger partial charge in [-0.15, -0.1) is 0 Å². The Morgan fingerprint density at radius 1 is 1.03 bits per heavy atom. The standard InChI is InChI=1S/C24H32N2O4S/c1-18(20-9-11-22(12-10-20)24(2,3)4)25-23(27)21-7-5-19(6-8-21)17-31(28,29)26-13-15-30-16-14-26/h5-12,18H,13-17H2,1-4H3,(H,25,27). The fourth-order valence-corrected chi connectivity index (χ4v) is 5.02. The van der Waals surface area contributed by atoms with Crippen LogP contribution in [0.15, 0.2) is 48.5 Å². The summed E-state index contributed by atoms with van der Waals surface area (Å²) in [5, 5.41) is 3.01. The Balaban J connectivity index is 1.61. The van der Waals surface area contributed by atoms with Crippen LogP contribution < -0.4 is 5.32 Å². The van der Waals surface area contributed by atoms with E-state index in [0.29, 0.717) is 37.4 Å². The van der Waals surface area contributed by atoms with Crippen LogP contribution in [-0.4, -0.2) is 44.9 Å². The number of morpholine rings is 1. The smallest absolute Gasteiger partial charge is 0.251 e. The van der Waals surface area contributed by atoms with Gasteiger partial charge in [-0.1, -0.05) is 57.2 Å². The highest BCUT2D eigenvalue weighted by molar-refractivity contribution is 7.88. The second-order valence-corrected chi connectivity index (χ2v) is 11.0. The summed E-state index contributed by atoms with van der Waals surface area (Å²) in [6.45, 7) is 10.1. The number of amides is 1. The van der Waals surface area contributed by atoms with Gasteiger partial charge in [-0.2, -0.15) is 4.31 Å². The van der Waals surface area contributed by atoms with Crippen LogP contribution in [0.1, 0.15) is 60.8 Å². The molecule has 31 heavy (non-hydrogen) atoms. The van der Waals surface area contributed by atoms with E-state index in [4.69, 9.17) is 4.74 Å². The quantitative estimate of drug-likeness (QED) is 0.738. The van der Waals surface area contributed by atoms with Crippen LogP contribution in [0.3, 0.4) is 0 Å². The highest BCUT2D eigenvalue weighted by atomic mass is 32.2. The molecule has 7 heteroatoms. The first kappa shape index (κ1) is 23.4. The van der Waals surface area contributed by atoms with E-state index in [1.807, 2.05) is 19.1 Å². The van der Waals surface area contributed by atoms with Crippen molar-refractivity contribution in [3.8, 4) is 0 Å². The minimum absolute atomic E-state index is 0.0779. The average molecular weight is 445 g/mol. The van der Waals surface area contributed by atoms with E-state index in [1.54, 1.807) is 24.3 Å². The second kappa shape index (κ2) is 9.51. The van der Waals surface area contributed by atoms with Crippen molar-refractivity contribution in [1.29, 1.82) is 0 Å². The maximum absolute atomic E-state index is 12.6. The molecule has 0 spiro atoms. The highest BCUT2D eigenvalue weighted by Crippen LogP contribution is 2.24. The molecule has 3 rings (SSSR count). The van der Waals surface area contributed by atoms with Crippen molar-refractivity contribution in [2.24, 2.45) is 0 Å². The van der Waals surface area contributed by atoms with Gasteiger partial charge in [-0.05, 0) is 41.2 Å². The van der Waals surface area contributed by atoms with Crippen molar-refractivity contribution in [2.75, 3.05) is 26.3 Å².